The molecule has 19 heavy (non-hydrogen) atoms. The number of ether oxygens (including phenoxy) is 1. The van der Waals surface area contributed by atoms with Gasteiger partial charge in [-0.1, -0.05) is 12.8 Å². The lowest BCUT2D eigenvalue weighted by Gasteiger charge is -2.33. The zero-order valence-corrected chi connectivity index (χ0v) is 11.1. The van der Waals surface area contributed by atoms with Crippen LogP contribution < -0.4 is 0 Å². The summed E-state index contributed by atoms with van der Waals surface area (Å²) in [7, 11) is 0. The van der Waals surface area contributed by atoms with Crippen LogP contribution in [0.15, 0.2) is 11.1 Å². The molecule has 0 bridgehead atoms. The summed E-state index contributed by atoms with van der Waals surface area (Å²) in [6.07, 6.45) is 7.23. The number of rotatable bonds is 2. The molecular weight excluding hydrogens is 244 g/mol. The molecule has 0 amide bonds. The van der Waals surface area contributed by atoms with Gasteiger partial charge >= 0.3 is 11.9 Å². The van der Waals surface area contributed by atoms with Crippen LogP contribution in [0.5, 0.6) is 0 Å². The first-order valence-electron chi connectivity index (χ1n) is 7.34. The fraction of sp³-hybridized carbons (Fsp3) is 0.733. The number of aliphatic carboxylic acids is 1. The molecule has 0 saturated heterocycles. The third-order valence-electron chi connectivity index (χ3n) is 4.86. The van der Waals surface area contributed by atoms with Crippen molar-refractivity contribution < 1.29 is 19.4 Å². The molecule has 2 aliphatic carbocycles. The second kappa shape index (κ2) is 4.99. The fourth-order valence-electron chi connectivity index (χ4n) is 3.91. The molecule has 0 aromatic rings. The number of hydrogen-bond acceptors (Lipinski definition) is 3. The Morgan fingerprint density at radius 3 is 2.63 bits per heavy atom. The molecule has 3 atom stereocenters. The van der Waals surface area contributed by atoms with Gasteiger partial charge in [0.1, 0.15) is 6.10 Å². The van der Waals surface area contributed by atoms with Crippen LogP contribution in [0, 0.1) is 11.8 Å². The molecule has 0 spiro atoms. The van der Waals surface area contributed by atoms with Crippen molar-refractivity contribution in [1.29, 1.82) is 0 Å². The van der Waals surface area contributed by atoms with Crippen molar-refractivity contribution in [1.82, 2.24) is 0 Å². The molecule has 104 valence electrons. The molecule has 3 rings (SSSR count). The molecule has 1 saturated carbocycles. The molecule has 0 unspecified atom stereocenters. The minimum atomic E-state index is -0.731. The Hall–Kier alpha value is -1.32. The first kappa shape index (κ1) is 12.7. The van der Waals surface area contributed by atoms with Crippen LogP contribution in [-0.2, 0) is 14.3 Å². The molecule has 1 heterocycles. The first-order valence-corrected chi connectivity index (χ1v) is 7.34. The van der Waals surface area contributed by atoms with Gasteiger partial charge in [-0.25, -0.2) is 4.79 Å². The molecule has 3 aliphatic rings. The highest BCUT2D eigenvalue weighted by Crippen LogP contribution is 2.43. The van der Waals surface area contributed by atoms with Gasteiger partial charge in [0.15, 0.2) is 0 Å². The monoisotopic (exact) mass is 264 g/mol. The van der Waals surface area contributed by atoms with Gasteiger partial charge in [0.05, 0.1) is 5.92 Å². The van der Waals surface area contributed by atoms with Gasteiger partial charge in [-0.3, -0.25) is 4.79 Å². The van der Waals surface area contributed by atoms with Crippen LogP contribution in [0.2, 0.25) is 0 Å². The molecule has 4 heteroatoms. The van der Waals surface area contributed by atoms with E-state index in [4.69, 9.17) is 4.74 Å². The Balaban J connectivity index is 1.86. The van der Waals surface area contributed by atoms with E-state index < -0.39 is 5.97 Å². The van der Waals surface area contributed by atoms with Crippen LogP contribution in [0.1, 0.15) is 51.4 Å². The number of carbonyl (C=O) groups excluding carboxylic acids is 1. The fourth-order valence-corrected chi connectivity index (χ4v) is 3.91. The molecule has 0 aromatic heterocycles. The molecule has 0 radical (unpaired) electrons. The molecule has 0 aromatic carbocycles. The maximum absolute atomic E-state index is 11.9. The van der Waals surface area contributed by atoms with E-state index in [0.29, 0.717) is 0 Å². The van der Waals surface area contributed by atoms with E-state index in [-0.39, 0.29) is 23.9 Å². The summed E-state index contributed by atoms with van der Waals surface area (Å²) in [6, 6.07) is 0. The number of carbonyl (C=O) groups is 2. The van der Waals surface area contributed by atoms with E-state index in [0.717, 1.165) is 62.5 Å². The number of hydrogen-bond donors (Lipinski definition) is 1. The van der Waals surface area contributed by atoms with Gasteiger partial charge < -0.3 is 9.84 Å². The Morgan fingerprint density at radius 1 is 1.11 bits per heavy atom. The number of cyclic esters (lactones) is 1. The minimum Gasteiger partial charge on any atom is -0.481 e. The van der Waals surface area contributed by atoms with E-state index in [1.165, 1.54) is 0 Å². The SMILES string of the molecule is O=C1O[C@H]([C@H]2CCCC[C@H]2C(=O)O)C2=C1CCCC2. The summed E-state index contributed by atoms with van der Waals surface area (Å²) in [4.78, 5) is 23.3. The Bertz CT molecular complexity index is 437. The van der Waals surface area contributed by atoms with Crippen LogP contribution >= 0.6 is 0 Å². The van der Waals surface area contributed by atoms with Gasteiger partial charge in [-0.05, 0) is 44.1 Å². The highest BCUT2D eigenvalue weighted by Gasteiger charge is 2.44. The van der Waals surface area contributed by atoms with E-state index in [9.17, 15) is 14.7 Å². The predicted octanol–water partition coefficient (Wildman–Crippen LogP) is 2.67. The Morgan fingerprint density at radius 2 is 1.84 bits per heavy atom. The van der Waals surface area contributed by atoms with Crippen LogP contribution in [0.3, 0.4) is 0 Å². The van der Waals surface area contributed by atoms with Crippen molar-refractivity contribution in [2.24, 2.45) is 11.8 Å². The summed E-state index contributed by atoms with van der Waals surface area (Å²) < 4.78 is 5.55. The highest BCUT2D eigenvalue weighted by molar-refractivity contribution is 5.92. The summed E-state index contributed by atoms with van der Waals surface area (Å²) in [5.41, 5.74) is 1.97. The maximum atomic E-state index is 11.9. The standard InChI is InChI=1S/C15H20O4/c16-14(17)11-7-3-1-5-9(11)13-10-6-2-4-8-12(10)15(18)19-13/h9,11,13H,1-8H2,(H,16,17)/t9-,11+,13+/m0/s1. The van der Waals surface area contributed by atoms with E-state index in [2.05, 4.69) is 0 Å². The molecule has 1 fully saturated rings. The second-order valence-electron chi connectivity index (χ2n) is 5.93. The largest absolute Gasteiger partial charge is 0.481 e. The third-order valence-corrected chi connectivity index (χ3v) is 4.86. The minimum absolute atomic E-state index is 0.0131. The van der Waals surface area contributed by atoms with Crippen molar-refractivity contribution in [3.63, 3.8) is 0 Å². The quantitative estimate of drug-likeness (QED) is 0.779. The summed E-state index contributed by atoms with van der Waals surface area (Å²) in [6.45, 7) is 0. The molecule has 1 aliphatic heterocycles. The average Bonchev–Trinajstić information content (AvgIpc) is 2.77. The van der Waals surface area contributed by atoms with E-state index >= 15 is 0 Å². The first-order chi connectivity index (χ1) is 9.18. The summed E-state index contributed by atoms with van der Waals surface area (Å²) in [5.74, 6) is -1.28. The van der Waals surface area contributed by atoms with Crippen LogP contribution in [0.25, 0.3) is 0 Å². The Kier molecular flexibility index (Phi) is 3.33. The highest BCUT2D eigenvalue weighted by atomic mass is 16.5. The summed E-state index contributed by atoms with van der Waals surface area (Å²) >= 11 is 0. The zero-order valence-electron chi connectivity index (χ0n) is 11.1. The van der Waals surface area contributed by atoms with Gasteiger partial charge in [-0.15, -0.1) is 0 Å². The van der Waals surface area contributed by atoms with Crippen LogP contribution in [-0.4, -0.2) is 23.1 Å². The van der Waals surface area contributed by atoms with Crippen molar-refractivity contribution in [3.8, 4) is 0 Å². The van der Waals surface area contributed by atoms with Gasteiger partial charge in [-0.2, -0.15) is 0 Å². The lowest BCUT2D eigenvalue weighted by atomic mass is 9.73. The van der Waals surface area contributed by atoms with Gasteiger partial charge in [0.2, 0.25) is 0 Å². The van der Waals surface area contributed by atoms with E-state index in [1.54, 1.807) is 0 Å². The van der Waals surface area contributed by atoms with E-state index in [1.807, 2.05) is 0 Å². The number of carboxylic acid groups (broad SMARTS) is 1. The van der Waals surface area contributed by atoms with Crippen LogP contribution in [0.4, 0.5) is 0 Å². The smallest absolute Gasteiger partial charge is 0.334 e. The van der Waals surface area contributed by atoms with Crippen molar-refractivity contribution in [2.45, 2.75) is 57.5 Å². The lowest BCUT2D eigenvalue weighted by molar-refractivity contribution is -0.152. The Labute approximate surface area is 112 Å². The van der Waals surface area contributed by atoms with Crippen molar-refractivity contribution in [2.75, 3.05) is 0 Å². The zero-order chi connectivity index (χ0) is 13.4. The second-order valence-corrected chi connectivity index (χ2v) is 5.93. The molecule has 1 N–H and O–H groups in total. The number of esters is 1. The predicted molar refractivity (Wildman–Crippen MR) is 68.5 cm³/mol. The number of carboxylic acids is 1. The van der Waals surface area contributed by atoms with Crippen molar-refractivity contribution in [3.05, 3.63) is 11.1 Å². The summed E-state index contributed by atoms with van der Waals surface area (Å²) in [5, 5.41) is 9.37. The maximum Gasteiger partial charge on any atom is 0.334 e. The average molecular weight is 264 g/mol. The van der Waals surface area contributed by atoms with Crippen molar-refractivity contribution >= 4 is 11.9 Å². The lowest BCUT2D eigenvalue weighted by Crippen LogP contribution is -2.36. The third kappa shape index (κ3) is 2.17. The topological polar surface area (TPSA) is 63.6 Å². The molecule has 4 nitrogen and oxygen atoms in total. The van der Waals surface area contributed by atoms with Gasteiger partial charge in [0.25, 0.3) is 0 Å². The normalized spacial score (nSPS) is 34.9. The molecular formula is C15H20O4. The van der Waals surface area contributed by atoms with Gasteiger partial charge in [0, 0.05) is 11.5 Å².